The van der Waals surface area contributed by atoms with E-state index >= 15 is 0 Å². The fraction of sp³-hybridized carbons (Fsp3) is 0.440. The Morgan fingerprint density at radius 1 is 1.07 bits per heavy atom. The lowest BCUT2D eigenvalue weighted by molar-refractivity contribution is -0.144. The maximum Gasteiger partial charge on any atom is 0.289 e. The number of halogens is 1. The first-order valence-corrected chi connectivity index (χ1v) is 10.8. The maximum atomic E-state index is 13.8. The molecule has 4 nitrogen and oxygen atoms in total. The Hall–Kier alpha value is -2.53. The van der Waals surface area contributed by atoms with Crippen LogP contribution in [-0.2, 0) is 22.4 Å². The molecule has 1 saturated heterocycles. The largest absolute Gasteiger partial charge is 0.339 e. The third-order valence-electron chi connectivity index (χ3n) is 5.86. The van der Waals surface area contributed by atoms with Gasteiger partial charge in [-0.05, 0) is 55.3 Å². The topological polar surface area (TPSA) is 40.6 Å². The number of benzene rings is 2. The number of amides is 1. The van der Waals surface area contributed by atoms with Gasteiger partial charge in [0.1, 0.15) is 5.82 Å². The quantitative estimate of drug-likeness (QED) is 0.592. The molecule has 30 heavy (non-hydrogen) atoms. The second kappa shape index (κ2) is 11.0. The van der Waals surface area contributed by atoms with Crippen LogP contribution in [0.5, 0.6) is 0 Å². The number of hydrogen-bond acceptors (Lipinski definition) is 3. The minimum Gasteiger partial charge on any atom is -0.339 e. The summed E-state index contributed by atoms with van der Waals surface area (Å²) in [5.41, 5.74) is 1.81. The zero-order valence-corrected chi connectivity index (χ0v) is 17.7. The average Bonchev–Trinajstić information content (AvgIpc) is 2.77. The van der Waals surface area contributed by atoms with Gasteiger partial charge >= 0.3 is 0 Å². The molecule has 160 valence electrons. The molecule has 0 saturated carbocycles. The van der Waals surface area contributed by atoms with Gasteiger partial charge in [-0.3, -0.25) is 9.59 Å². The van der Waals surface area contributed by atoms with E-state index < -0.39 is 5.91 Å². The number of nitrogens with zero attached hydrogens (tertiary/aromatic N) is 2. The smallest absolute Gasteiger partial charge is 0.289 e. The Labute approximate surface area is 178 Å². The number of carbonyl (C=O) groups excluding carboxylic acids is 2. The summed E-state index contributed by atoms with van der Waals surface area (Å²) < 4.78 is 13.8. The van der Waals surface area contributed by atoms with Crippen molar-refractivity contribution in [3.05, 3.63) is 71.5 Å². The number of likely N-dealkylation sites (tertiary alicyclic amines) is 1. The molecule has 3 rings (SSSR count). The molecule has 0 spiro atoms. The van der Waals surface area contributed by atoms with Crippen LogP contribution in [-0.4, -0.2) is 54.7 Å². The van der Waals surface area contributed by atoms with Crippen molar-refractivity contribution in [2.75, 3.05) is 33.2 Å². The molecule has 0 N–H and O–H groups in total. The van der Waals surface area contributed by atoms with E-state index in [2.05, 4.69) is 4.90 Å². The Balaban J connectivity index is 1.43. The second-order valence-corrected chi connectivity index (χ2v) is 8.24. The molecule has 1 atom stereocenters. The minimum atomic E-state index is -0.394. The van der Waals surface area contributed by atoms with Crippen LogP contribution < -0.4 is 0 Å². The van der Waals surface area contributed by atoms with Gasteiger partial charge in [-0.1, -0.05) is 48.5 Å². The van der Waals surface area contributed by atoms with Crippen molar-refractivity contribution in [1.29, 1.82) is 0 Å². The number of hydrogen-bond donors (Lipinski definition) is 0. The molecule has 2 aromatic carbocycles. The van der Waals surface area contributed by atoms with E-state index in [0.717, 1.165) is 43.6 Å². The molecule has 1 fully saturated rings. The van der Waals surface area contributed by atoms with Gasteiger partial charge in [-0.15, -0.1) is 0 Å². The van der Waals surface area contributed by atoms with Gasteiger partial charge in [0, 0.05) is 33.1 Å². The molecule has 0 radical (unpaired) electrons. The van der Waals surface area contributed by atoms with E-state index in [1.807, 2.05) is 42.5 Å². The summed E-state index contributed by atoms with van der Waals surface area (Å²) in [7, 11) is 1.72. The molecule has 1 aliphatic rings. The van der Waals surface area contributed by atoms with Crippen molar-refractivity contribution in [1.82, 2.24) is 9.80 Å². The number of carbonyl (C=O) groups is 2. The standard InChI is InChI=1S/C25H31FN2O2/c1-27(25(30)24(29)14-13-20-8-3-2-4-9-20)18-21-10-7-16-28(19-21)17-15-22-11-5-6-12-23(22)26/h2-6,8-9,11-12,21H,7,10,13-19H2,1H3. The summed E-state index contributed by atoms with van der Waals surface area (Å²) in [5.74, 6) is -0.524. The minimum absolute atomic E-state index is 0.148. The van der Waals surface area contributed by atoms with Crippen LogP contribution >= 0.6 is 0 Å². The summed E-state index contributed by atoms with van der Waals surface area (Å²) in [6, 6.07) is 16.7. The number of piperidine rings is 1. The normalized spacial score (nSPS) is 16.9. The SMILES string of the molecule is CN(CC1CCCN(CCc2ccccc2F)C1)C(=O)C(=O)CCc1ccccc1. The van der Waals surface area contributed by atoms with Crippen molar-refractivity contribution in [2.45, 2.75) is 32.1 Å². The zero-order valence-electron chi connectivity index (χ0n) is 17.7. The molecule has 5 heteroatoms. The lowest BCUT2D eigenvalue weighted by atomic mass is 9.96. The lowest BCUT2D eigenvalue weighted by Crippen LogP contribution is -2.43. The second-order valence-electron chi connectivity index (χ2n) is 8.24. The average molecular weight is 411 g/mol. The van der Waals surface area contributed by atoms with E-state index in [9.17, 15) is 14.0 Å². The highest BCUT2D eigenvalue weighted by Gasteiger charge is 2.25. The van der Waals surface area contributed by atoms with Crippen molar-refractivity contribution >= 4 is 11.7 Å². The first kappa shape index (κ1) is 22.2. The highest BCUT2D eigenvalue weighted by atomic mass is 19.1. The molecular formula is C25H31FN2O2. The molecule has 1 aliphatic heterocycles. The number of likely N-dealkylation sites (N-methyl/N-ethyl adjacent to an activating group) is 1. The first-order chi connectivity index (χ1) is 14.5. The monoisotopic (exact) mass is 410 g/mol. The predicted molar refractivity (Wildman–Crippen MR) is 117 cm³/mol. The zero-order chi connectivity index (χ0) is 21.3. The van der Waals surface area contributed by atoms with E-state index in [4.69, 9.17) is 0 Å². The fourth-order valence-corrected chi connectivity index (χ4v) is 4.18. The molecule has 0 aromatic heterocycles. The van der Waals surface area contributed by atoms with Crippen LogP contribution in [0.25, 0.3) is 0 Å². The van der Waals surface area contributed by atoms with Gasteiger partial charge in [-0.2, -0.15) is 0 Å². The van der Waals surface area contributed by atoms with Gasteiger partial charge in [0.05, 0.1) is 0 Å². The van der Waals surface area contributed by atoms with Crippen LogP contribution in [0.4, 0.5) is 4.39 Å². The van der Waals surface area contributed by atoms with E-state index in [1.54, 1.807) is 18.0 Å². The first-order valence-electron chi connectivity index (χ1n) is 10.8. The van der Waals surface area contributed by atoms with Crippen LogP contribution in [0.2, 0.25) is 0 Å². The van der Waals surface area contributed by atoms with Gasteiger partial charge in [0.15, 0.2) is 0 Å². The summed E-state index contributed by atoms with van der Waals surface area (Å²) in [4.78, 5) is 28.7. The Morgan fingerprint density at radius 3 is 2.57 bits per heavy atom. The van der Waals surface area contributed by atoms with Crippen molar-refractivity contribution in [2.24, 2.45) is 5.92 Å². The molecule has 2 aromatic rings. The van der Waals surface area contributed by atoms with E-state index in [0.29, 0.717) is 25.3 Å². The number of aryl methyl sites for hydroxylation is 1. The molecule has 1 unspecified atom stereocenters. The molecular weight excluding hydrogens is 379 g/mol. The third kappa shape index (κ3) is 6.49. The van der Waals surface area contributed by atoms with E-state index in [-0.39, 0.29) is 18.0 Å². The molecule has 1 amide bonds. The van der Waals surface area contributed by atoms with E-state index in [1.165, 1.54) is 6.07 Å². The van der Waals surface area contributed by atoms with Gasteiger partial charge in [0.2, 0.25) is 5.78 Å². The number of ketones is 1. The molecule has 1 heterocycles. The fourth-order valence-electron chi connectivity index (χ4n) is 4.18. The number of Topliss-reactive ketones (excluding diaryl/α,β-unsaturated/α-hetero) is 1. The highest BCUT2D eigenvalue weighted by molar-refractivity contribution is 6.36. The Bertz CT molecular complexity index is 840. The third-order valence-corrected chi connectivity index (χ3v) is 5.86. The lowest BCUT2D eigenvalue weighted by Gasteiger charge is -2.34. The van der Waals surface area contributed by atoms with Gasteiger partial charge in [-0.25, -0.2) is 4.39 Å². The summed E-state index contributed by atoms with van der Waals surface area (Å²) in [6.45, 7) is 3.28. The molecule has 0 aliphatic carbocycles. The molecule has 0 bridgehead atoms. The highest BCUT2D eigenvalue weighted by Crippen LogP contribution is 2.19. The summed E-state index contributed by atoms with van der Waals surface area (Å²) in [5, 5.41) is 0. The number of rotatable bonds is 9. The Morgan fingerprint density at radius 2 is 1.80 bits per heavy atom. The van der Waals surface area contributed by atoms with Gasteiger partial charge < -0.3 is 9.80 Å². The Kier molecular flexibility index (Phi) is 8.14. The predicted octanol–water partition coefficient (Wildman–Crippen LogP) is 3.74. The van der Waals surface area contributed by atoms with Crippen molar-refractivity contribution in [3.8, 4) is 0 Å². The van der Waals surface area contributed by atoms with Crippen LogP contribution in [0.3, 0.4) is 0 Å². The van der Waals surface area contributed by atoms with Crippen LogP contribution in [0, 0.1) is 11.7 Å². The van der Waals surface area contributed by atoms with Crippen molar-refractivity contribution in [3.63, 3.8) is 0 Å². The van der Waals surface area contributed by atoms with Gasteiger partial charge in [0.25, 0.3) is 5.91 Å². The van der Waals surface area contributed by atoms with Crippen molar-refractivity contribution < 1.29 is 14.0 Å². The van der Waals surface area contributed by atoms with Crippen LogP contribution in [0.1, 0.15) is 30.4 Å². The maximum absolute atomic E-state index is 13.8. The summed E-state index contributed by atoms with van der Waals surface area (Å²) in [6.07, 6.45) is 3.63. The van der Waals surface area contributed by atoms with Crippen LogP contribution in [0.15, 0.2) is 54.6 Å². The summed E-state index contributed by atoms with van der Waals surface area (Å²) >= 11 is 0.